The Balaban J connectivity index is 2.64. The molecule has 130 valence electrons. The number of hydrogen-bond donors (Lipinski definition) is 1. The van der Waals surface area contributed by atoms with Crippen molar-refractivity contribution in [2.24, 2.45) is 0 Å². The van der Waals surface area contributed by atoms with E-state index in [0.29, 0.717) is 12.1 Å². The van der Waals surface area contributed by atoms with Crippen LogP contribution in [-0.2, 0) is 17.1 Å². The summed E-state index contributed by atoms with van der Waals surface area (Å²) in [5.74, 6) is -1.95. The van der Waals surface area contributed by atoms with E-state index in [9.17, 15) is 31.1 Å². The van der Waals surface area contributed by atoms with Gasteiger partial charge in [-0.25, -0.2) is 4.79 Å². The lowest BCUT2D eigenvalue weighted by Crippen LogP contribution is -2.11. The number of esters is 1. The van der Waals surface area contributed by atoms with Crippen LogP contribution in [0.15, 0.2) is 28.7 Å². The highest BCUT2D eigenvalue weighted by Crippen LogP contribution is 2.39. The van der Waals surface area contributed by atoms with Crippen LogP contribution in [0.3, 0.4) is 0 Å². The standard InChI is InChI=1S/C14H9F6NO3/c1-23-12(22)11-9(21)5-10(24-11)6-2-7(13(15,16)17)4-8(3-6)14(18,19)20/h2-5H,21H2,1H3. The number of nitrogens with two attached hydrogens (primary N) is 1. The Labute approximate surface area is 130 Å². The van der Waals surface area contributed by atoms with Crippen molar-refractivity contribution in [3.05, 3.63) is 41.2 Å². The second-order valence-corrected chi connectivity index (χ2v) is 4.68. The molecule has 0 spiro atoms. The monoisotopic (exact) mass is 353 g/mol. The number of alkyl halides is 6. The molecule has 0 saturated heterocycles. The third-order valence-electron chi connectivity index (χ3n) is 3.00. The van der Waals surface area contributed by atoms with Crippen LogP contribution in [-0.4, -0.2) is 13.1 Å². The van der Waals surface area contributed by atoms with E-state index < -0.39 is 46.5 Å². The van der Waals surface area contributed by atoms with Gasteiger partial charge >= 0.3 is 18.3 Å². The zero-order valence-electron chi connectivity index (χ0n) is 11.9. The van der Waals surface area contributed by atoms with Gasteiger partial charge in [-0.15, -0.1) is 0 Å². The second kappa shape index (κ2) is 5.77. The van der Waals surface area contributed by atoms with E-state index in [1.165, 1.54) is 0 Å². The van der Waals surface area contributed by atoms with E-state index in [1.54, 1.807) is 0 Å². The van der Waals surface area contributed by atoms with E-state index in [-0.39, 0.29) is 11.8 Å². The summed E-state index contributed by atoms with van der Waals surface area (Å²) in [6, 6.07) is 1.86. The molecule has 0 aliphatic carbocycles. The van der Waals surface area contributed by atoms with Gasteiger partial charge in [0, 0.05) is 11.6 Å². The van der Waals surface area contributed by atoms with Gasteiger partial charge in [0.1, 0.15) is 5.76 Å². The van der Waals surface area contributed by atoms with Crippen LogP contribution in [0, 0.1) is 0 Å². The number of benzene rings is 1. The van der Waals surface area contributed by atoms with Gasteiger partial charge in [-0.1, -0.05) is 0 Å². The van der Waals surface area contributed by atoms with E-state index in [1.807, 2.05) is 0 Å². The van der Waals surface area contributed by atoms with E-state index >= 15 is 0 Å². The quantitative estimate of drug-likeness (QED) is 0.644. The fraction of sp³-hybridized carbons (Fsp3) is 0.214. The normalized spacial score (nSPS) is 12.3. The number of anilines is 1. The highest BCUT2D eigenvalue weighted by molar-refractivity contribution is 5.93. The Bertz CT molecular complexity index is 744. The molecule has 0 aliphatic rings. The fourth-order valence-corrected chi connectivity index (χ4v) is 1.90. The van der Waals surface area contributed by atoms with Crippen LogP contribution in [0.4, 0.5) is 32.0 Å². The van der Waals surface area contributed by atoms with E-state index in [2.05, 4.69) is 4.74 Å². The van der Waals surface area contributed by atoms with Crippen molar-refractivity contribution in [2.75, 3.05) is 12.8 Å². The molecule has 0 aliphatic heterocycles. The molecule has 0 saturated carbocycles. The molecule has 1 heterocycles. The third-order valence-corrected chi connectivity index (χ3v) is 3.00. The minimum absolute atomic E-state index is 0.0168. The van der Waals surface area contributed by atoms with E-state index in [0.717, 1.165) is 13.2 Å². The first-order valence-corrected chi connectivity index (χ1v) is 6.21. The molecule has 10 heteroatoms. The lowest BCUT2D eigenvalue weighted by molar-refractivity contribution is -0.143. The topological polar surface area (TPSA) is 65.5 Å². The highest BCUT2D eigenvalue weighted by atomic mass is 19.4. The molecule has 0 amide bonds. The molecule has 4 nitrogen and oxygen atoms in total. The fourth-order valence-electron chi connectivity index (χ4n) is 1.90. The Morgan fingerprint density at radius 2 is 1.50 bits per heavy atom. The summed E-state index contributed by atoms with van der Waals surface area (Å²) >= 11 is 0. The molecule has 0 atom stereocenters. The molecule has 1 aromatic heterocycles. The second-order valence-electron chi connectivity index (χ2n) is 4.68. The summed E-state index contributed by atoms with van der Waals surface area (Å²) in [5.41, 5.74) is 1.64. The first-order valence-electron chi connectivity index (χ1n) is 6.21. The average molecular weight is 353 g/mol. The van der Waals surface area contributed by atoms with Crippen molar-refractivity contribution in [2.45, 2.75) is 12.4 Å². The molecule has 0 bridgehead atoms. The smallest absolute Gasteiger partial charge is 0.416 e. The number of nitrogen functional groups attached to an aromatic ring is 1. The van der Waals surface area contributed by atoms with Gasteiger partial charge in [-0.05, 0) is 18.2 Å². The van der Waals surface area contributed by atoms with Crippen molar-refractivity contribution in [1.29, 1.82) is 0 Å². The Morgan fingerprint density at radius 3 is 1.92 bits per heavy atom. The number of halogens is 6. The molecule has 0 radical (unpaired) electrons. The largest absolute Gasteiger partial charge is 0.463 e. The van der Waals surface area contributed by atoms with Gasteiger partial charge in [0.05, 0.1) is 23.9 Å². The molecular formula is C14H9F6NO3. The SMILES string of the molecule is COC(=O)c1oc(-c2cc(C(F)(F)F)cc(C(F)(F)F)c2)cc1N. The van der Waals surface area contributed by atoms with Crippen molar-refractivity contribution >= 4 is 11.7 Å². The van der Waals surface area contributed by atoms with Crippen LogP contribution in [0.2, 0.25) is 0 Å². The average Bonchev–Trinajstić information content (AvgIpc) is 2.86. The van der Waals surface area contributed by atoms with Crippen LogP contribution in [0.5, 0.6) is 0 Å². The number of hydrogen-bond acceptors (Lipinski definition) is 4. The van der Waals surface area contributed by atoms with Crippen molar-refractivity contribution in [3.8, 4) is 11.3 Å². The maximum atomic E-state index is 12.8. The summed E-state index contributed by atoms with van der Waals surface area (Å²) < 4.78 is 86.2. The van der Waals surface area contributed by atoms with Crippen LogP contribution in [0.1, 0.15) is 21.7 Å². The number of furan rings is 1. The number of rotatable bonds is 2. The summed E-state index contributed by atoms with van der Waals surface area (Å²) in [6.07, 6.45) is -10.0. The molecule has 1 aromatic carbocycles. The first kappa shape index (κ1) is 17.7. The minimum Gasteiger partial charge on any atom is -0.463 e. The van der Waals surface area contributed by atoms with Crippen LogP contribution in [0.25, 0.3) is 11.3 Å². The molecule has 0 unspecified atom stereocenters. The summed E-state index contributed by atoms with van der Waals surface area (Å²) in [5, 5.41) is 0. The van der Waals surface area contributed by atoms with Gasteiger partial charge < -0.3 is 14.9 Å². The lowest BCUT2D eigenvalue weighted by Gasteiger charge is -2.13. The zero-order valence-corrected chi connectivity index (χ0v) is 11.9. The number of carbonyl (C=O) groups excluding carboxylic acids is 1. The van der Waals surface area contributed by atoms with E-state index in [4.69, 9.17) is 10.2 Å². The van der Waals surface area contributed by atoms with Crippen LogP contribution < -0.4 is 5.73 Å². The summed E-state index contributed by atoms with van der Waals surface area (Å²) in [6.45, 7) is 0. The van der Waals surface area contributed by atoms with Gasteiger partial charge in [-0.3, -0.25) is 0 Å². The Hall–Kier alpha value is -2.65. The summed E-state index contributed by atoms with van der Waals surface area (Å²) in [7, 11) is 1.01. The predicted molar refractivity (Wildman–Crippen MR) is 69.9 cm³/mol. The Morgan fingerprint density at radius 1 is 1.00 bits per heavy atom. The summed E-state index contributed by atoms with van der Waals surface area (Å²) in [4.78, 5) is 11.4. The maximum absolute atomic E-state index is 12.8. The molecule has 2 N–H and O–H groups in total. The molecule has 2 rings (SSSR count). The van der Waals surface area contributed by atoms with Gasteiger partial charge in [0.2, 0.25) is 5.76 Å². The van der Waals surface area contributed by atoms with Crippen molar-refractivity contribution in [1.82, 2.24) is 0 Å². The molecule has 2 aromatic rings. The third kappa shape index (κ3) is 3.47. The van der Waals surface area contributed by atoms with Gasteiger partial charge in [0.15, 0.2) is 0 Å². The maximum Gasteiger partial charge on any atom is 0.416 e. The van der Waals surface area contributed by atoms with Crippen molar-refractivity contribution < 1.29 is 40.3 Å². The molecule has 24 heavy (non-hydrogen) atoms. The predicted octanol–water partition coefficient (Wildman–Crippen LogP) is 4.35. The minimum atomic E-state index is -5.00. The first-order chi connectivity index (χ1) is 10.9. The zero-order chi connectivity index (χ0) is 18.3. The lowest BCUT2D eigenvalue weighted by atomic mass is 10.0. The highest BCUT2D eigenvalue weighted by Gasteiger charge is 2.37. The number of carbonyl (C=O) groups is 1. The van der Waals surface area contributed by atoms with Gasteiger partial charge in [0.25, 0.3) is 0 Å². The van der Waals surface area contributed by atoms with Crippen LogP contribution >= 0.6 is 0 Å². The Kier molecular flexibility index (Phi) is 4.25. The van der Waals surface area contributed by atoms with Gasteiger partial charge in [-0.2, -0.15) is 26.3 Å². The van der Waals surface area contributed by atoms with Crippen molar-refractivity contribution in [3.63, 3.8) is 0 Å². The molecule has 0 fully saturated rings. The number of methoxy groups -OCH3 is 1. The number of ether oxygens (including phenoxy) is 1. The molecular weight excluding hydrogens is 344 g/mol.